The molecule has 1 atom stereocenters. The van der Waals surface area contributed by atoms with Crippen molar-refractivity contribution in [3.63, 3.8) is 0 Å². The van der Waals surface area contributed by atoms with Gasteiger partial charge >= 0.3 is 51.4 Å². The average molecular weight is 339 g/mol. The van der Waals surface area contributed by atoms with Gasteiger partial charge in [0.15, 0.2) is 5.57 Å². The second-order valence-corrected chi connectivity index (χ2v) is 6.81. The molecule has 0 bridgehead atoms. The Morgan fingerprint density at radius 3 is 2.55 bits per heavy atom. The van der Waals surface area contributed by atoms with E-state index in [1.165, 1.54) is 0 Å². The Labute approximate surface area is 171 Å². The van der Waals surface area contributed by atoms with Crippen LogP contribution in [0.25, 0.3) is 11.0 Å². The molecule has 0 aliphatic carbocycles. The van der Waals surface area contributed by atoms with E-state index in [9.17, 15) is 9.46 Å². The quantitative estimate of drug-likeness (QED) is 0.348. The number of fused-ring (bicyclic) bond motifs is 1. The largest absolute Gasteiger partial charge is 1.00 e. The fraction of sp³-hybridized carbons (Fsp3) is 0.133. The predicted molar refractivity (Wildman–Crippen MR) is 83.1 cm³/mol. The van der Waals surface area contributed by atoms with Crippen LogP contribution in [0.5, 0.6) is 0 Å². The van der Waals surface area contributed by atoms with Crippen LogP contribution < -0.4 is 72.9 Å². The SMILES string of the molecule is CCn1c(P(=O)([O-])c2ccccc2)nc2cc(N)ccc21.[K+]. The third kappa shape index (κ3) is 3.10. The number of nitrogens with two attached hydrogens (primary N) is 1. The van der Waals surface area contributed by atoms with Crippen LogP contribution in [-0.4, -0.2) is 9.55 Å². The monoisotopic (exact) mass is 339 g/mol. The minimum atomic E-state index is -3.98. The molecule has 3 rings (SSSR count). The molecule has 0 saturated carbocycles. The van der Waals surface area contributed by atoms with E-state index in [-0.39, 0.29) is 62.3 Å². The molecule has 0 radical (unpaired) electrons. The van der Waals surface area contributed by atoms with Gasteiger partial charge in [0.25, 0.3) is 0 Å². The summed E-state index contributed by atoms with van der Waals surface area (Å²) in [5.41, 5.74) is 7.76. The van der Waals surface area contributed by atoms with Gasteiger partial charge in [-0.15, -0.1) is 0 Å². The molecule has 1 heterocycles. The normalized spacial score (nSPS) is 13.5. The maximum atomic E-state index is 12.8. The fourth-order valence-electron chi connectivity index (χ4n) is 2.41. The van der Waals surface area contributed by atoms with Crippen LogP contribution in [0.2, 0.25) is 0 Å². The van der Waals surface area contributed by atoms with Crippen molar-refractivity contribution in [2.24, 2.45) is 0 Å². The predicted octanol–water partition coefficient (Wildman–Crippen LogP) is -1.77. The number of nitrogen functional groups attached to an aromatic ring is 1. The van der Waals surface area contributed by atoms with Crippen LogP contribution in [0.15, 0.2) is 48.5 Å². The number of aryl methyl sites for hydroxylation is 1. The van der Waals surface area contributed by atoms with Crippen LogP contribution in [-0.2, 0) is 11.1 Å². The summed E-state index contributed by atoms with van der Waals surface area (Å²) in [5.74, 6) is 0. The van der Waals surface area contributed by atoms with Crippen LogP contribution in [0.1, 0.15) is 6.92 Å². The molecule has 0 amide bonds. The second-order valence-electron chi connectivity index (χ2n) is 4.79. The number of nitrogens with zero attached hydrogens (tertiary/aromatic N) is 2. The minimum Gasteiger partial charge on any atom is -0.790 e. The van der Waals surface area contributed by atoms with Gasteiger partial charge < -0.3 is 19.8 Å². The van der Waals surface area contributed by atoms with E-state index in [1.807, 2.05) is 6.92 Å². The number of imidazole rings is 1. The van der Waals surface area contributed by atoms with Crippen molar-refractivity contribution in [1.82, 2.24) is 9.55 Å². The van der Waals surface area contributed by atoms with E-state index in [2.05, 4.69) is 4.98 Å². The van der Waals surface area contributed by atoms with Crippen molar-refractivity contribution in [2.75, 3.05) is 5.73 Å². The maximum absolute atomic E-state index is 12.8. The van der Waals surface area contributed by atoms with Gasteiger partial charge in [-0.3, -0.25) is 0 Å². The first-order valence-electron chi connectivity index (χ1n) is 6.67. The zero-order valence-corrected chi connectivity index (χ0v) is 16.6. The molecule has 0 saturated heterocycles. The second kappa shape index (κ2) is 6.97. The van der Waals surface area contributed by atoms with Gasteiger partial charge in [0.05, 0.1) is 11.0 Å². The van der Waals surface area contributed by atoms with E-state index in [0.717, 1.165) is 5.52 Å². The molecule has 0 aliphatic rings. The molecule has 108 valence electrons. The summed E-state index contributed by atoms with van der Waals surface area (Å²) >= 11 is 0. The van der Waals surface area contributed by atoms with Gasteiger partial charge in [-0.2, -0.15) is 0 Å². The number of benzene rings is 2. The third-order valence-corrected chi connectivity index (χ3v) is 5.27. The molecule has 1 aromatic heterocycles. The first-order chi connectivity index (χ1) is 10.0. The van der Waals surface area contributed by atoms with Crippen molar-refractivity contribution in [3.8, 4) is 0 Å². The molecular formula is C15H15KN3O2P. The number of hydrogen-bond acceptors (Lipinski definition) is 4. The molecule has 5 nitrogen and oxygen atoms in total. The summed E-state index contributed by atoms with van der Waals surface area (Å²) in [7, 11) is -3.98. The summed E-state index contributed by atoms with van der Waals surface area (Å²) < 4.78 is 14.5. The molecule has 2 aromatic carbocycles. The summed E-state index contributed by atoms with van der Waals surface area (Å²) in [6, 6.07) is 13.6. The molecule has 7 heteroatoms. The average Bonchev–Trinajstić information content (AvgIpc) is 2.86. The van der Waals surface area contributed by atoms with Gasteiger partial charge in [-0.1, -0.05) is 30.3 Å². The maximum Gasteiger partial charge on any atom is 1.00 e. The Morgan fingerprint density at radius 1 is 1.23 bits per heavy atom. The zero-order chi connectivity index (χ0) is 15.0. The molecule has 22 heavy (non-hydrogen) atoms. The summed E-state index contributed by atoms with van der Waals surface area (Å²) in [5, 5.41) is 0.267. The van der Waals surface area contributed by atoms with Crippen molar-refractivity contribution >= 4 is 35.0 Å². The Kier molecular flexibility index (Phi) is 5.67. The zero-order valence-electron chi connectivity index (χ0n) is 12.6. The number of aromatic nitrogens is 2. The molecule has 3 aromatic rings. The summed E-state index contributed by atoms with van der Waals surface area (Å²) in [6.45, 7) is 2.42. The molecule has 0 fully saturated rings. The first-order valence-corrected chi connectivity index (χ1v) is 8.29. The molecule has 0 spiro atoms. The topological polar surface area (TPSA) is 84.0 Å². The molecular weight excluding hydrogens is 324 g/mol. The number of anilines is 1. The van der Waals surface area contributed by atoms with Crippen LogP contribution in [0, 0.1) is 0 Å². The van der Waals surface area contributed by atoms with Gasteiger partial charge in [-0.25, -0.2) is 4.98 Å². The Morgan fingerprint density at radius 2 is 1.91 bits per heavy atom. The van der Waals surface area contributed by atoms with Gasteiger partial charge in [0, 0.05) is 17.5 Å². The standard InChI is InChI=1S/C15H16N3O2P.K/c1-2-18-14-9-8-11(16)10-13(14)17-15(18)21(19,20)12-6-4-3-5-7-12;/h3-10H,2,16H2,1H3,(H,19,20);/q;+1/p-1. The number of rotatable bonds is 3. The Bertz CT molecular complexity index is 849. The third-order valence-electron chi connectivity index (χ3n) is 3.43. The van der Waals surface area contributed by atoms with Gasteiger partial charge in [-0.05, 0) is 25.1 Å². The van der Waals surface area contributed by atoms with E-state index < -0.39 is 7.37 Å². The van der Waals surface area contributed by atoms with Crippen LogP contribution in [0.4, 0.5) is 5.69 Å². The summed E-state index contributed by atoms with van der Waals surface area (Å²) in [6.07, 6.45) is 0. The van der Waals surface area contributed by atoms with Crippen molar-refractivity contribution in [1.29, 1.82) is 0 Å². The molecule has 1 unspecified atom stereocenters. The van der Waals surface area contributed by atoms with E-state index in [0.29, 0.717) is 17.7 Å². The van der Waals surface area contributed by atoms with E-state index in [4.69, 9.17) is 5.73 Å². The van der Waals surface area contributed by atoms with E-state index >= 15 is 0 Å². The fourth-order valence-corrected chi connectivity index (χ4v) is 4.01. The smallest absolute Gasteiger partial charge is 0.790 e. The van der Waals surface area contributed by atoms with Crippen molar-refractivity contribution in [3.05, 3.63) is 48.5 Å². The van der Waals surface area contributed by atoms with Crippen molar-refractivity contribution in [2.45, 2.75) is 13.5 Å². The number of hydrogen-bond donors (Lipinski definition) is 1. The van der Waals surface area contributed by atoms with Gasteiger partial charge in [0.2, 0.25) is 0 Å². The van der Waals surface area contributed by atoms with Gasteiger partial charge in [0.1, 0.15) is 7.37 Å². The van der Waals surface area contributed by atoms with Crippen LogP contribution >= 0.6 is 7.37 Å². The Balaban J connectivity index is 0.00000176. The van der Waals surface area contributed by atoms with Crippen molar-refractivity contribution < 1.29 is 60.8 Å². The molecule has 2 N–H and O–H groups in total. The van der Waals surface area contributed by atoms with E-state index in [1.54, 1.807) is 53.1 Å². The molecule has 0 aliphatic heterocycles. The summed E-state index contributed by atoms with van der Waals surface area (Å²) in [4.78, 5) is 17.1. The van der Waals surface area contributed by atoms with Crippen LogP contribution in [0.3, 0.4) is 0 Å². The first kappa shape index (κ1) is 17.9. The minimum absolute atomic E-state index is 0. The Hall–Kier alpha value is -0.464.